The fourth-order valence-electron chi connectivity index (χ4n) is 3.97. The number of aliphatic hydroxyl groups is 1. The molecule has 1 saturated heterocycles. The number of nitrogens with one attached hydrogen (secondary N) is 1. The summed E-state index contributed by atoms with van der Waals surface area (Å²) < 4.78 is 6.23. The first-order valence-electron chi connectivity index (χ1n) is 9.72. The summed E-state index contributed by atoms with van der Waals surface area (Å²) in [6.07, 6.45) is 9.37. The molecular weight excluding hydrogens is 304 g/mol. The van der Waals surface area contributed by atoms with E-state index >= 15 is 0 Å². The Balaban J connectivity index is 1.66. The second-order valence-corrected chi connectivity index (χ2v) is 8.46. The maximum atomic E-state index is 12.3. The van der Waals surface area contributed by atoms with Gasteiger partial charge in [0.15, 0.2) is 0 Å². The minimum atomic E-state index is -0.343. The normalized spacial score (nSPS) is 22.4. The van der Waals surface area contributed by atoms with Gasteiger partial charge in [0.25, 0.3) is 0 Å². The van der Waals surface area contributed by atoms with Crippen LogP contribution in [0.3, 0.4) is 0 Å². The minimum absolute atomic E-state index is 0.0183. The van der Waals surface area contributed by atoms with E-state index in [0.717, 1.165) is 25.9 Å². The Morgan fingerprint density at radius 3 is 2.33 bits per heavy atom. The highest BCUT2D eigenvalue weighted by Gasteiger charge is 2.27. The van der Waals surface area contributed by atoms with E-state index in [4.69, 9.17) is 4.74 Å². The van der Waals surface area contributed by atoms with Gasteiger partial charge >= 0.3 is 6.03 Å². The van der Waals surface area contributed by atoms with E-state index in [-0.39, 0.29) is 17.6 Å². The highest BCUT2D eigenvalue weighted by molar-refractivity contribution is 5.74. The van der Waals surface area contributed by atoms with Crippen LogP contribution < -0.4 is 5.32 Å². The quantitative estimate of drug-likeness (QED) is 0.780. The van der Waals surface area contributed by atoms with Gasteiger partial charge in [-0.2, -0.15) is 0 Å². The number of carbonyl (C=O) groups excluding carboxylic acids is 1. The molecule has 1 saturated carbocycles. The van der Waals surface area contributed by atoms with E-state index in [1.54, 1.807) is 6.92 Å². The number of urea groups is 1. The zero-order valence-electron chi connectivity index (χ0n) is 15.7. The van der Waals surface area contributed by atoms with Gasteiger partial charge in [-0.1, -0.05) is 33.1 Å². The molecule has 0 bridgehead atoms. The molecule has 0 spiro atoms. The molecule has 1 aliphatic carbocycles. The Labute approximate surface area is 147 Å². The van der Waals surface area contributed by atoms with Crippen molar-refractivity contribution < 1.29 is 14.6 Å². The van der Waals surface area contributed by atoms with E-state index in [1.165, 1.54) is 32.1 Å². The van der Waals surface area contributed by atoms with Crippen molar-refractivity contribution in [3.8, 4) is 0 Å². The SMILES string of the molecule is CC(O)CC(C)(C)CNC(=O)N1CCC(OC2CCCCC2)CC1. The standard InChI is InChI=1S/C19H36N2O3/c1-15(22)13-19(2,3)14-20-18(23)21-11-9-17(10-12-21)24-16-7-5-4-6-8-16/h15-17,22H,4-14H2,1-3H3,(H,20,23). The molecule has 0 aromatic rings. The lowest BCUT2D eigenvalue weighted by molar-refractivity contribution is -0.0515. The number of nitrogens with zero attached hydrogens (tertiary/aromatic N) is 1. The monoisotopic (exact) mass is 340 g/mol. The molecule has 24 heavy (non-hydrogen) atoms. The lowest BCUT2D eigenvalue weighted by atomic mass is 9.87. The number of piperidine rings is 1. The van der Waals surface area contributed by atoms with E-state index < -0.39 is 0 Å². The Bertz CT molecular complexity index is 384. The fourth-order valence-corrected chi connectivity index (χ4v) is 3.97. The molecule has 0 aromatic heterocycles. The number of ether oxygens (including phenoxy) is 1. The minimum Gasteiger partial charge on any atom is -0.393 e. The van der Waals surface area contributed by atoms with Crippen LogP contribution in [0.15, 0.2) is 0 Å². The number of hydrogen-bond acceptors (Lipinski definition) is 3. The summed E-state index contributed by atoms with van der Waals surface area (Å²) in [6.45, 7) is 8.09. The van der Waals surface area contributed by atoms with Gasteiger partial charge in [0.05, 0.1) is 18.3 Å². The molecule has 2 rings (SSSR count). The Kier molecular flexibility index (Phi) is 7.35. The molecule has 1 heterocycles. The first-order chi connectivity index (χ1) is 11.4. The summed E-state index contributed by atoms with van der Waals surface area (Å²) in [5.74, 6) is 0. The molecule has 5 heteroatoms. The third-order valence-corrected chi connectivity index (χ3v) is 5.23. The molecule has 1 atom stereocenters. The average molecular weight is 341 g/mol. The Morgan fingerprint density at radius 1 is 1.17 bits per heavy atom. The number of carbonyl (C=O) groups is 1. The number of aliphatic hydroxyl groups excluding tert-OH is 1. The lowest BCUT2D eigenvalue weighted by Crippen LogP contribution is -2.48. The van der Waals surface area contributed by atoms with Crippen LogP contribution in [0.2, 0.25) is 0 Å². The maximum Gasteiger partial charge on any atom is 0.317 e. The highest BCUT2D eigenvalue weighted by atomic mass is 16.5. The maximum absolute atomic E-state index is 12.3. The van der Waals surface area contributed by atoms with Gasteiger partial charge in [-0.3, -0.25) is 0 Å². The van der Waals surface area contributed by atoms with E-state index in [0.29, 0.717) is 25.2 Å². The number of hydrogen-bond donors (Lipinski definition) is 2. The van der Waals surface area contributed by atoms with Crippen molar-refractivity contribution in [1.82, 2.24) is 10.2 Å². The van der Waals surface area contributed by atoms with Crippen LogP contribution in [0.25, 0.3) is 0 Å². The van der Waals surface area contributed by atoms with Gasteiger partial charge in [-0.25, -0.2) is 4.79 Å². The van der Waals surface area contributed by atoms with Crippen LogP contribution in [0, 0.1) is 5.41 Å². The smallest absolute Gasteiger partial charge is 0.317 e. The van der Waals surface area contributed by atoms with Gasteiger partial charge in [0.1, 0.15) is 0 Å². The molecule has 0 aromatic carbocycles. The van der Waals surface area contributed by atoms with E-state index in [1.807, 2.05) is 4.90 Å². The molecular formula is C19H36N2O3. The van der Waals surface area contributed by atoms with Crippen molar-refractivity contribution in [3.05, 3.63) is 0 Å². The van der Waals surface area contributed by atoms with Crippen LogP contribution in [0.4, 0.5) is 4.79 Å². The summed E-state index contributed by atoms with van der Waals surface area (Å²) in [7, 11) is 0. The zero-order chi connectivity index (χ0) is 17.6. The molecule has 5 nitrogen and oxygen atoms in total. The van der Waals surface area contributed by atoms with Crippen molar-refractivity contribution in [2.75, 3.05) is 19.6 Å². The summed E-state index contributed by atoms with van der Waals surface area (Å²) in [6, 6.07) is 0.0183. The molecule has 0 radical (unpaired) electrons. The summed E-state index contributed by atoms with van der Waals surface area (Å²) in [5.41, 5.74) is -0.0910. The van der Waals surface area contributed by atoms with Crippen molar-refractivity contribution in [3.63, 3.8) is 0 Å². The highest BCUT2D eigenvalue weighted by Crippen LogP contribution is 2.25. The molecule has 1 aliphatic heterocycles. The van der Waals surface area contributed by atoms with Gasteiger partial charge in [-0.15, -0.1) is 0 Å². The predicted molar refractivity (Wildman–Crippen MR) is 96.0 cm³/mol. The largest absolute Gasteiger partial charge is 0.393 e. The van der Waals surface area contributed by atoms with Crippen LogP contribution in [-0.2, 0) is 4.74 Å². The first kappa shape index (κ1) is 19.5. The van der Waals surface area contributed by atoms with Gasteiger partial charge in [0, 0.05) is 19.6 Å². The topological polar surface area (TPSA) is 61.8 Å². The zero-order valence-corrected chi connectivity index (χ0v) is 15.7. The molecule has 2 amide bonds. The lowest BCUT2D eigenvalue weighted by Gasteiger charge is -2.35. The van der Waals surface area contributed by atoms with Crippen molar-refractivity contribution in [2.45, 2.75) is 90.4 Å². The Morgan fingerprint density at radius 2 is 1.75 bits per heavy atom. The van der Waals surface area contributed by atoms with Crippen LogP contribution in [0.1, 0.15) is 72.1 Å². The first-order valence-corrected chi connectivity index (χ1v) is 9.72. The molecule has 140 valence electrons. The molecule has 2 N–H and O–H groups in total. The predicted octanol–water partition coefficient (Wildman–Crippen LogP) is 3.31. The van der Waals surface area contributed by atoms with Crippen LogP contribution >= 0.6 is 0 Å². The van der Waals surface area contributed by atoms with Crippen LogP contribution in [0.5, 0.6) is 0 Å². The summed E-state index contributed by atoms with van der Waals surface area (Å²) >= 11 is 0. The van der Waals surface area contributed by atoms with Crippen molar-refractivity contribution in [1.29, 1.82) is 0 Å². The van der Waals surface area contributed by atoms with E-state index in [2.05, 4.69) is 19.2 Å². The molecule has 2 aliphatic rings. The average Bonchev–Trinajstić information content (AvgIpc) is 2.53. The number of likely N-dealkylation sites (tertiary alicyclic amines) is 1. The second kappa shape index (κ2) is 9.04. The molecule has 2 fully saturated rings. The summed E-state index contributed by atoms with van der Waals surface area (Å²) in [4.78, 5) is 14.2. The van der Waals surface area contributed by atoms with Crippen molar-refractivity contribution in [2.24, 2.45) is 5.41 Å². The molecule has 1 unspecified atom stereocenters. The van der Waals surface area contributed by atoms with E-state index in [9.17, 15) is 9.90 Å². The van der Waals surface area contributed by atoms with Crippen LogP contribution in [-0.4, -0.2) is 54.0 Å². The van der Waals surface area contributed by atoms with Gasteiger partial charge in [0.2, 0.25) is 0 Å². The number of rotatable bonds is 6. The van der Waals surface area contributed by atoms with Gasteiger partial charge < -0.3 is 20.1 Å². The third-order valence-electron chi connectivity index (χ3n) is 5.23. The fraction of sp³-hybridized carbons (Fsp3) is 0.947. The third kappa shape index (κ3) is 6.60. The Hall–Kier alpha value is -0.810. The number of amides is 2. The van der Waals surface area contributed by atoms with Gasteiger partial charge in [-0.05, 0) is 44.4 Å². The second-order valence-electron chi connectivity index (χ2n) is 8.46. The van der Waals surface area contributed by atoms with Crippen molar-refractivity contribution >= 4 is 6.03 Å². The summed E-state index contributed by atoms with van der Waals surface area (Å²) in [5, 5.41) is 12.6.